The Morgan fingerprint density at radius 2 is 1.38 bits per heavy atom. The van der Waals surface area contributed by atoms with Crippen LogP contribution in [0.2, 0.25) is 0 Å². The number of aliphatic hydroxyl groups is 2. The van der Waals surface area contributed by atoms with Crippen molar-refractivity contribution in [3.8, 4) is 0 Å². The third kappa shape index (κ3) is 1.50. The van der Waals surface area contributed by atoms with Crippen LogP contribution in [0.4, 0.5) is 0 Å². The highest BCUT2D eigenvalue weighted by Gasteiger charge is 2.48. The summed E-state index contributed by atoms with van der Waals surface area (Å²) >= 11 is 0. The van der Waals surface area contributed by atoms with E-state index in [0.717, 1.165) is 0 Å². The monoisotopic (exact) mass is 186 g/mol. The second-order valence-electron chi connectivity index (χ2n) is 3.93. The molecular weight excluding hydrogens is 172 g/mol. The summed E-state index contributed by atoms with van der Waals surface area (Å²) in [5.74, 6) is -0.719. The number of aliphatic hydroxyl groups excluding tert-OH is 2. The van der Waals surface area contributed by atoms with Crippen LogP contribution in [0.3, 0.4) is 0 Å². The van der Waals surface area contributed by atoms with Gasteiger partial charge in [-0.05, 0) is 13.8 Å². The van der Waals surface area contributed by atoms with E-state index < -0.39 is 30.2 Å². The maximum absolute atomic E-state index is 9.53. The van der Waals surface area contributed by atoms with E-state index in [0.29, 0.717) is 0 Å². The van der Waals surface area contributed by atoms with Gasteiger partial charge in [0.2, 0.25) is 0 Å². The molecule has 0 bridgehead atoms. The van der Waals surface area contributed by atoms with Crippen LogP contribution in [-0.4, -0.2) is 40.4 Å². The van der Waals surface area contributed by atoms with Gasteiger partial charge in [0.1, 0.15) is 24.4 Å². The average Bonchev–Trinajstić information content (AvgIpc) is 2.35. The predicted molar refractivity (Wildman–Crippen MR) is 45.0 cm³/mol. The maximum atomic E-state index is 9.53. The molecule has 0 aromatic rings. The second-order valence-corrected chi connectivity index (χ2v) is 3.93. The maximum Gasteiger partial charge on any atom is 0.164 e. The normalized spacial score (nSPS) is 47.7. The molecule has 0 spiro atoms. The van der Waals surface area contributed by atoms with Crippen molar-refractivity contribution in [1.29, 1.82) is 0 Å². The van der Waals surface area contributed by atoms with Crippen LogP contribution >= 0.6 is 0 Å². The second kappa shape index (κ2) is 2.78. The van der Waals surface area contributed by atoms with Gasteiger partial charge in [-0.25, -0.2) is 0 Å². The number of rotatable bonds is 0. The molecule has 13 heavy (non-hydrogen) atoms. The molecule has 0 radical (unpaired) electrons. The third-order valence-corrected chi connectivity index (χ3v) is 2.34. The van der Waals surface area contributed by atoms with E-state index in [-0.39, 0.29) is 0 Å². The smallest absolute Gasteiger partial charge is 0.164 e. The van der Waals surface area contributed by atoms with Gasteiger partial charge in [-0.2, -0.15) is 0 Å². The quantitative estimate of drug-likeness (QED) is 0.514. The highest BCUT2D eigenvalue weighted by atomic mass is 16.8. The Morgan fingerprint density at radius 1 is 1.00 bits per heavy atom. The summed E-state index contributed by atoms with van der Waals surface area (Å²) in [5, 5.41) is 19.1. The van der Waals surface area contributed by atoms with Gasteiger partial charge < -0.3 is 19.7 Å². The van der Waals surface area contributed by atoms with Crippen molar-refractivity contribution < 1.29 is 19.7 Å². The van der Waals surface area contributed by atoms with Crippen LogP contribution in [0.5, 0.6) is 0 Å². The van der Waals surface area contributed by atoms with Crippen LogP contribution in [-0.2, 0) is 9.47 Å². The molecule has 1 aliphatic carbocycles. The predicted octanol–water partition coefficient (Wildman–Crippen LogP) is -0.202. The lowest BCUT2D eigenvalue weighted by molar-refractivity contribution is -0.155. The molecular formula is C9H14O4. The lowest BCUT2D eigenvalue weighted by atomic mass is 9.97. The molecule has 2 aliphatic rings. The van der Waals surface area contributed by atoms with E-state index in [4.69, 9.17) is 9.47 Å². The first-order chi connectivity index (χ1) is 5.99. The van der Waals surface area contributed by atoms with Gasteiger partial charge >= 0.3 is 0 Å². The van der Waals surface area contributed by atoms with Gasteiger partial charge in [-0.15, -0.1) is 0 Å². The summed E-state index contributed by atoms with van der Waals surface area (Å²) in [5.41, 5.74) is 0. The molecule has 2 N–H and O–H groups in total. The first-order valence-corrected chi connectivity index (χ1v) is 4.40. The average molecular weight is 186 g/mol. The van der Waals surface area contributed by atoms with Gasteiger partial charge in [0.25, 0.3) is 0 Å². The summed E-state index contributed by atoms with van der Waals surface area (Å²) in [6, 6.07) is 0. The van der Waals surface area contributed by atoms with Crippen LogP contribution in [0, 0.1) is 0 Å². The molecule has 4 heteroatoms. The standard InChI is InChI=1S/C9H14O4/c1-9(2)12-7-5(10)3-4-6(11)8(7)13-9/h3-8,10-11H,1-2H3/t5-,6+,7-,8+. The number of hydrogen-bond acceptors (Lipinski definition) is 4. The van der Waals surface area contributed by atoms with Crippen molar-refractivity contribution >= 4 is 0 Å². The Bertz CT molecular complexity index is 214. The summed E-state index contributed by atoms with van der Waals surface area (Å²) in [6.07, 6.45) is 0.808. The van der Waals surface area contributed by atoms with Gasteiger partial charge in [0.05, 0.1) is 0 Å². The summed E-state index contributed by atoms with van der Waals surface area (Å²) in [7, 11) is 0. The van der Waals surface area contributed by atoms with Crippen LogP contribution < -0.4 is 0 Å². The van der Waals surface area contributed by atoms with E-state index in [1.165, 1.54) is 12.2 Å². The Labute approximate surface area is 76.8 Å². The topological polar surface area (TPSA) is 58.9 Å². The van der Waals surface area contributed by atoms with Gasteiger partial charge in [-0.1, -0.05) is 12.2 Å². The highest BCUT2D eigenvalue weighted by molar-refractivity contribution is 5.10. The molecule has 0 unspecified atom stereocenters. The zero-order valence-electron chi connectivity index (χ0n) is 7.68. The Hall–Kier alpha value is -0.420. The summed E-state index contributed by atoms with van der Waals surface area (Å²) in [4.78, 5) is 0. The largest absolute Gasteiger partial charge is 0.386 e. The Kier molecular flexibility index (Phi) is 1.96. The minimum atomic E-state index is -0.719. The third-order valence-electron chi connectivity index (χ3n) is 2.34. The van der Waals surface area contributed by atoms with Gasteiger partial charge in [-0.3, -0.25) is 0 Å². The van der Waals surface area contributed by atoms with Crippen molar-refractivity contribution in [2.75, 3.05) is 0 Å². The number of ether oxygens (including phenoxy) is 2. The molecule has 0 saturated carbocycles. The molecule has 1 saturated heterocycles. The Morgan fingerprint density at radius 3 is 1.77 bits per heavy atom. The minimum absolute atomic E-state index is 0.449. The van der Waals surface area contributed by atoms with Crippen LogP contribution in [0.1, 0.15) is 13.8 Å². The fraction of sp³-hybridized carbons (Fsp3) is 0.778. The first kappa shape index (κ1) is 9.15. The van der Waals surface area contributed by atoms with Crippen LogP contribution in [0.15, 0.2) is 12.2 Å². The molecule has 1 aliphatic heterocycles. The van der Waals surface area contributed by atoms with E-state index in [2.05, 4.69) is 0 Å². The van der Waals surface area contributed by atoms with E-state index >= 15 is 0 Å². The number of fused-ring (bicyclic) bond motifs is 1. The molecule has 74 valence electrons. The van der Waals surface area contributed by atoms with E-state index in [1.54, 1.807) is 13.8 Å². The first-order valence-electron chi connectivity index (χ1n) is 4.40. The molecule has 0 amide bonds. The zero-order chi connectivity index (χ0) is 9.64. The molecule has 1 fully saturated rings. The van der Waals surface area contributed by atoms with Crippen molar-refractivity contribution in [2.45, 2.75) is 44.1 Å². The molecule has 1 heterocycles. The molecule has 0 aromatic carbocycles. The molecule has 2 rings (SSSR count). The summed E-state index contributed by atoms with van der Waals surface area (Å²) < 4.78 is 10.9. The Balaban J connectivity index is 2.21. The van der Waals surface area contributed by atoms with Crippen molar-refractivity contribution in [3.05, 3.63) is 12.2 Å². The molecule has 4 atom stereocenters. The fourth-order valence-corrected chi connectivity index (χ4v) is 1.79. The van der Waals surface area contributed by atoms with E-state index in [1.807, 2.05) is 0 Å². The lowest BCUT2D eigenvalue weighted by Gasteiger charge is -2.26. The SMILES string of the molecule is CC1(C)O[C@@H]2[C@H](O1)[C@H](O)C=C[C@@H]2O. The number of hydrogen-bond donors (Lipinski definition) is 2. The lowest BCUT2D eigenvalue weighted by Crippen LogP contribution is -2.44. The highest BCUT2D eigenvalue weighted by Crippen LogP contribution is 2.34. The molecule has 0 aromatic heterocycles. The van der Waals surface area contributed by atoms with Gasteiger partial charge in [0.15, 0.2) is 5.79 Å². The fourth-order valence-electron chi connectivity index (χ4n) is 1.79. The van der Waals surface area contributed by atoms with Crippen molar-refractivity contribution in [1.82, 2.24) is 0 Å². The van der Waals surface area contributed by atoms with Crippen molar-refractivity contribution in [2.24, 2.45) is 0 Å². The van der Waals surface area contributed by atoms with Crippen molar-refractivity contribution in [3.63, 3.8) is 0 Å². The van der Waals surface area contributed by atoms with Crippen LogP contribution in [0.25, 0.3) is 0 Å². The van der Waals surface area contributed by atoms with Gasteiger partial charge in [0, 0.05) is 0 Å². The molecule has 4 nitrogen and oxygen atoms in total. The minimum Gasteiger partial charge on any atom is -0.386 e. The zero-order valence-corrected chi connectivity index (χ0v) is 7.68. The van der Waals surface area contributed by atoms with E-state index in [9.17, 15) is 10.2 Å². The summed E-state index contributed by atoms with van der Waals surface area (Å²) in [6.45, 7) is 3.54.